The number of halogens is 2. The molecular formula is C39H51Cl2N7O2. The SMILES string of the molecule is COc1c(C)cnc(CCl)c1C.COc1c(C)cnc(CN(Cc2ccccn2)Cc2ncc(C)c(C)c2C)c1C.Cl.NCc1ccccn1. The maximum Gasteiger partial charge on any atom is 0.128 e. The van der Waals surface area contributed by atoms with Crippen LogP contribution < -0.4 is 15.2 Å². The smallest absolute Gasteiger partial charge is 0.128 e. The minimum atomic E-state index is 0. The Bertz CT molecular complexity index is 1770. The molecule has 0 bridgehead atoms. The van der Waals surface area contributed by atoms with Crippen molar-refractivity contribution < 1.29 is 9.47 Å². The van der Waals surface area contributed by atoms with Crippen molar-refractivity contribution >= 4 is 24.0 Å². The van der Waals surface area contributed by atoms with Crippen molar-refractivity contribution in [3.05, 3.63) is 135 Å². The zero-order chi connectivity index (χ0) is 35.9. The fourth-order valence-corrected chi connectivity index (χ4v) is 5.58. The second-order valence-electron chi connectivity index (χ2n) is 11.9. The number of ether oxygens (including phenoxy) is 2. The molecule has 268 valence electrons. The molecular weight excluding hydrogens is 669 g/mol. The van der Waals surface area contributed by atoms with Gasteiger partial charge in [0.25, 0.3) is 0 Å². The van der Waals surface area contributed by atoms with Gasteiger partial charge in [0.2, 0.25) is 0 Å². The number of pyridine rings is 5. The fraction of sp³-hybridized carbons (Fsp3) is 0.359. The second kappa shape index (κ2) is 21.2. The molecule has 0 atom stereocenters. The molecule has 0 fully saturated rings. The Morgan fingerprint density at radius 2 is 1.04 bits per heavy atom. The van der Waals surface area contributed by atoms with Gasteiger partial charge in [-0.05, 0) is 89.4 Å². The Hall–Kier alpha value is -4.15. The third kappa shape index (κ3) is 11.7. The van der Waals surface area contributed by atoms with Crippen molar-refractivity contribution in [2.24, 2.45) is 5.73 Å². The van der Waals surface area contributed by atoms with Crippen LogP contribution in [-0.4, -0.2) is 44.0 Å². The molecule has 5 heterocycles. The van der Waals surface area contributed by atoms with Crippen molar-refractivity contribution in [2.75, 3.05) is 14.2 Å². The number of rotatable bonds is 10. The summed E-state index contributed by atoms with van der Waals surface area (Å²) in [5.74, 6) is 2.23. The summed E-state index contributed by atoms with van der Waals surface area (Å²) in [6.45, 7) is 17.2. The number of methoxy groups -OCH3 is 2. The molecule has 0 aliphatic rings. The first kappa shape index (κ1) is 42.0. The summed E-state index contributed by atoms with van der Waals surface area (Å²) in [5, 5.41) is 0. The third-order valence-electron chi connectivity index (χ3n) is 8.42. The first-order chi connectivity index (χ1) is 23.5. The van der Waals surface area contributed by atoms with E-state index in [1.807, 2.05) is 69.7 Å². The van der Waals surface area contributed by atoms with Gasteiger partial charge >= 0.3 is 0 Å². The molecule has 5 rings (SSSR count). The predicted molar refractivity (Wildman–Crippen MR) is 205 cm³/mol. The van der Waals surface area contributed by atoms with E-state index >= 15 is 0 Å². The molecule has 11 heteroatoms. The number of hydrogen-bond acceptors (Lipinski definition) is 9. The lowest BCUT2D eigenvalue weighted by atomic mass is 10.0. The minimum absolute atomic E-state index is 0. The molecule has 0 aromatic carbocycles. The average Bonchev–Trinajstić information content (AvgIpc) is 3.11. The molecule has 5 aromatic rings. The van der Waals surface area contributed by atoms with E-state index in [0.29, 0.717) is 19.0 Å². The van der Waals surface area contributed by atoms with Crippen LogP contribution in [0.2, 0.25) is 0 Å². The average molecular weight is 721 g/mol. The Kier molecular flexibility index (Phi) is 17.8. The van der Waals surface area contributed by atoms with Crippen LogP contribution >= 0.6 is 24.0 Å². The normalized spacial score (nSPS) is 10.3. The van der Waals surface area contributed by atoms with Crippen LogP contribution in [0.5, 0.6) is 11.5 Å². The van der Waals surface area contributed by atoms with Crippen LogP contribution in [0.1, 0.15) is 67.4 Å². The van der Waals surface area contributed by atoms with Crippen LogP contribution in [0, 0.1) is 48.5 Å². The molecule has 9 nitrogen and oxygen atoms in total. The Balaban J connectivity index is 0.000000337. The quantitative estimate of drug-likeness (QED) is 0.143. The lowest BCUT2D eigenvalue weighted by molar-refractivity contribution is 0.237. The van der Waals surface area contributed by atoms with Gasteiger partial charge < -0.3 is 15.2 Å². The lowest BCUT2D eigenvalue weighted by Crippen LogP contribution is -2.25. The fourth-order valence-electron chi connectivity index (χ4n) is 5.31. The van der Waals surface area contributed by atoms with Gasteiger partial charge in [0.15, 0.2) is 0 Å². The van der Waals surface area contributed by atoms with Crippen LogP contribution in [0.3, 0.4) is 0 Å². The highest BCUT2D eigenvalue weighted by atomic mass is 35.5. The van der Waals surface area contributed by atoms with Crippen molar-refractivity contribution in [1.82, 2.24) is 29.8 Å². The van der Waals surface area contributed by atoms with E-state index < -0.39 is 0 Å². The maximum atomic E-state index is 5.70. The zero-order valence-electron chi connectivity index (χ0n) is 30.7. The topological polar surface area (TPSA) is 112 Å². The second-order valence-corrected chi connectivity index (χ2v) is 12.1. The van der Waals surface area contributed by atoms with E-state index in [1.54, 1.807) is 26.6 Å². The largest absolute Gasteiger partial charge is 0.496 e. The summed E-state index contributed by atoms with van der Waals surface area (Å²) in [4.78, 5) is 24.5. The molecule has 0 radical (unpaired) electrons. The van der Waals surface area contributed by atoms with Gasteiger partial charge in [-0.25, -0.2) is 0 Å². The molecule has 0 amide bonds. The van der Waals surface area contributed by atoms with Gasteiger partial charge in [-0.15, -0.1) is 24.0 Å². The monoisotopic (exact) mass is 719 g/mol. The molecule has 0 aliphatic heterocycles. The summed E-state index contributed by atoms with van der Waals surface area (Å²) in [7, 11) is 3.38. The van der Waals surface area contributed by atoms with Crippen LogP contribution in [-0.2, 0) is 32.1 Å². The number of aryl methyl sites for hydroxylation is 3. The molecule has 50 heavy (non-hydrogen) atoms. The summed E-state index contributed by atoms with van der Waals surface area (Å²) >= 11 is 5.70. The number of nitrogens with zero attached hydrogens (tertiary/aromatic N) is 6. The van der Waals surface area contributed by atoms with Crippen LogP contribution in [0.25, 0.3) is 0 Å². The number of aromatic nitrogens is 5. The molecule has 2 N–H and O–H groups in total. The maximum absolute atomic E-state index is 5.70. The van der Waals surface area contributed by atoms with Gasteiger partial charge in [0, 0.05) is 79.4 Å². The zero-order valence-corrected chi connectivity index (χ0v) is 32.3. The first-order valence-electron chi connectivity index (χ1n) is 16.2. The van der Waals surface area contributed by atoms with Gasteiger partial charge in [0.05, 0.1) is 48.6 Å². The Labute approximate surface area is 309 Å². The number of hydrogen-bond donors (Lipinski definition) is 1. The van der Waals surface area contributed by atoms with Gasteiger partial charge in [0.1, 0.15) is 11.5 Å². The first-order valence-corrected chi connectivity index (χ1v) is 16.8. The minimum Gasteiger partial charge on any atom is -0.496 e. The molecule has 0 aliphatic carbocycles. The summed E-state index contributed by atoms with van der Waals surface area (Å²) < 4.78 is 10.8. The van der Waals surface area contributed by atoms with Crippen molar-refractivity contribution in [2.45, 2.75) is 80.5 Å². The molecule has 5 aromatic heterocycles. The molecule has 0 spiro atoms. The highest BCUT2D eigenvalue weighted by molar-refractivity contribution is 6.17. The standard InChI is InChI=1S/C24H30N4O.C9H12ClNO.C6H8N2.ClH/c1-16-11-26-22(19(4)18(16)3)14-28(13-21-9-7-8-10-25-21)15-23-20(5)24(29-6)17(2)12-27-23;1-6-5-11-8(4-10)7(2)9(6)12-3;7-5-6-3-1-2-4-8-6;/h7-12H,13-15H2,1-6H3;5H,4H2,1-3H3;1-4H,5,7H2;1H. The molecule has 0 saturated carbocycles. The van der Waals surface area contributed by atoms with E-state index in [1.165, 1.54) is 16.7 Å². The van der Waals surface area contributed by atoms with E-state index in [2.05, 4.69) is 53.6 Å². The van der Waals surface area contributed by atoms with E-state index in [4.69, 9.17) is 36.8 Å². The molecule has 0 unspecified atom stereocenters. The van der Waals surface area contributed by atoms with E-state index in [9.17, 15) is 0 Å². The van der Waals surface area contributed by atoms with Crippen LogP contribution in [0.4, 0.5) is 0 Å². The summed E-state index contributed by atoms with van der Waals surface area (Å²) in [5.41, 5.74) is 18.3. The number of nitrogens with two attached hydrogens (primary N) is 1. The lowest BCUT2D eigenvalue weighted by Gasteiger charge is -2.24. The Morgan fingerprint density at radius 3 is 1.48 bits per heavy atom. The summed E-state index contributed by atoms with van der Waals surface area (Å²) in [6.07, 6.45) is 9.21. The van der Waals surface area contributed by atoms with E-state index in [0.717, 1.165) is 75.3 Å². The van der Waals surface area contributed by atoms with Gasteiger partial charge in [-0.3, -0.25) is 29.8 Å². The summed E-state index contributed by atoms with van der Waals surface area (Å²) in [6, 6.07) is 11.7. The van der Waals surface area contributed by atoms with Gasteiger partial charge in [-0.1, -0.05) is 12.1 Å². The highest BCUT2D eigenvalue weighted by Crippen LogP contribution is 2.27. The predicted octanol–water partition coefficient (Wildman–Crippen LogP) is 8.03. The molecule has 0 saturated heterocycles. The van der Waals surface area contributed by atoms with Gasteiger partial charge in [-0.2, -0.15) is 0 Å². The third-order valence-corrected chi connectivity index (χ3v) is 8.67. The van der Waals surface area contributed by atoms with Crippen molar-refractivity contribution in [1.29, 1.82) is 0 Å². The number of alkyl halides is 1. The van der Waals surface area contributed by atoms with Crippen LogP contribution in [0.15, 0.2) is 67.4 Å². The van der Waals surface area contributed by atoms with Crippen molar-refractivity contribution in [3.63, 3.8) is 0 Å². The Morgan fingerprint density at radius 1 is 0.580 bits per heavy atom. The van der Waals surface area contributed by atoms with E-state index in [-0.39, 0.29) is 12.4 Å². The van der Waals surface area contributed by atoms with Crippen molar-refractivity contribution in [3.8, 4) is 11.5 Å². The highest BCUT2D eigenvalue weighted by Gasteiger charge is 2.17.